The number of piperidine rings is 1. The van der Waals surface area contributed by atoms with Gasteiger partial charge >= 0.3 is 0 Å². The van der Waals surface area contributed by atoms with Gasteiger partial charge in [0.25, 0.3) is 0 Å². The van der Waals surface area contributed by atoms with Crippen LogP contribution in [-0.2, 0) is 0 Å². The van der Waals surface area contributed by atoms with Gasteiger partial charge in [-0.25, -0.2) is 0 Å². The van der Waals surface area contributed by atoms with Crippen molar-refractivity contribution < 1.29 is 0 Å². The summed E-state index contributed by atoms with van der Waals surface area (Å²) in [7, 11) is 0. The highest BCUT2D eigenvalue weighted by atomic mass is 127. The van der Waals surface area contributed by atoms with E-state index in [4.69, 9.17) is 4.99 Å². The molecule has 5 heteroatoms. The monoisotopic (exact) mass is 422 g/mol. The molecule has 130 valence electrons. The van der Waals surface area contributed by atoms with Crippen LogP contribution < -0.4 is 5.32 Å². The Kier molecular flexibility index (Phi) is 9.05. The summed E-state index contributed by atoms with van der Waals surface area (Å²) in [5, 5.41) is 3.48. The second-order valence-electron chi connectivity index (χ2n) is 6.99. The fourth-order valence-corrected chi connectivity index (χ4v) is 3.35. The van der Waals surface area contributed by atoms with Gasteiger partial charge in [0.15, 0.2) is 5.96 Å². The summed E-state index contributed by atoms with van der Waals surface area (Å²) >= 11 is 0. The lowest BCUT2D eigenvalue weighted by molar-refractivity contribution is 0.217. The first kappa shape index (κ1) is 20.0. The molecule has 1 atom stereocenters. The Morgan fingerprint density at radius 1 is 1.32 bits per heavy atom. The number of rotatable bonds is 6. The minimum absolute atomic E-state index is 0. The number of likely N-dealkylation sites (tertiary alicyclic amines) is 1. The minimum Gasteiger partial charge on any atom is -0.357 e. The van der Waals surface area contributed by atoms with Gasteiger partial charge in [-0.15, -0.1) is 24.0 Å². The molecule has 1 aliphatic heterocycles. The second kappa shape index (κ2) is 9.96. The van der Waals surface area contributed by atoms with Crippen LogP contribution in [0, 0.1) is 5.92 Å². The van der Waals surface area contributed by atoms with Crippen LogP contribution in [-0.4, -0.2) is 60.6 Å². The Labute approximate surface area is 154 Å². The number of hydrogen-bond acceptors (Lipinski definition) is 2. The fourth-order valence-electron chi connectivity index (χ4n) is 3.35. The molecule has 1 saturated heterocycles. The average Bonchev–Trinajstić information content (AvgIpc) is 3.26. The zero-order valence-corrected chi connectivity index (χ0v) is 17.2. The first-order chi connectivity index (χ1) is 10.1. The van der Waals surface area contributed by atoms with E-state index in [9.17, 15) is 0 Å². The molecule has 2 rings (SSSR count). The molecule has 0 aromatic rings. The van der Waals surface area contributed by atoms with E-state index in [1.54, 1.807) is 0 Å². The molecule has 0 aromatic heterocycles. The van der Waals surface area contributed by atoms with Crippen molar-refractivity contribution in [1.82, 2.24) is 15.1 Å². The summed E-state index contributed by atoms with van der Waals surface area (Å²) in [4.78, 5) is 9.96. The predicted molar refractivity (Wildman–Crippen MR) is 106 cm³/mol. The van der Waals surface area contributed by atoms with Crippen LogP contribution in [0.1, 0.15) is 53.4 Å². The van der Waals surface area contributed by atoms with E-state index in [2.05, 4.69) is 42.8 Å². The van der Waals surface area contributed by atoms with Gasteiger partial charge < -0.3 is 10.2 Å². The molecule has 0 radical (unpaired) electrons. The van der Waals surface area contributed by atoms with Crippen LogP contribution in [0.15, 0.2) is 4.99 Å². The van der Waals surface area contributed by atoms with E-state index in [-0.39, 0.29) is 24.0 Å². The fraction of sp³-hybridized carbons (Fsp3) is 0.941. The van der Waals surface area contributed by atoms with Crippen molar-refractivity contribution in [2.75, 3.05) is 32.7 Å². The SMILES string of the molecule is CCNC(=NCCN(C(C)C)C1CC1)N1CCCC(C)C1.I. The molecule has 1 saturated carbocycles. The normalized spacial score (nSPS) is 22.9. The maximum absolute atomic E-state index is 4.89. The van der Waals surface area contributed by atoms with E-state index >= 15 is 0 Å². The lowest BCUT2D eigenvalue weighted by Gasteiger charge is -2.34. The zero-order chi connectivity index (χ0) is 15.2. The molecule has 0 spiro atoms. The molecule has 1 aliphatic carbocycles. The molecule has 1 N–H and O–H groups in total. The van der Waals surface area contributed by atoms with Crippen molar-refractivity contribution in [3.8, 4) is 0 Å². The Morgan fingerprint density at radius 2 is 2.05 bits per heavy atom. The van der Waals surface area contributed by atoms with Crippen molar-refractivity contribution in [3.05, 3.63) is 0 Å². The maximum atomic E-state index is 4.89. The van der Waals surface area contributed by atoms with E-state index in [0.717, 1.165) is 50.6 Å². The third-order valence-corrected chi connectivity index (χ3v) is 4.59. The van der Waals surface area contributed by atoms with Crippen molar-refractivity contribution in [1.29, 1.82) is 0 Å². The summed E-state index contributed by atoms with van der Waals surface area (Å²) in [6.45, 7) is 14.4. The highest BCUT2D eigenvalue weighted by Gasteiger charge is 2.30. The predicted octanol–water partition coefficient (Wildman–Crippen LogP) is 3.17. The Morgan fingerprint density at radius 3 is 2.59 bits per heavy atom. The van der Waals surface area contributed by atoms with Crippen molar-refractivity contribution in [2.24, 2.45) is 10.9 Å². The number of nitrogens with zero attached hydrogens (tertiary/aromatic N) is 3. The van der Waals surface area contributed by atoms with Crippen LogP contribution >= 0.6 is 24.0 Å². The summed E-state index contributed by atoms with van der Waals surface area (Å²) in [5.74, 6) is 1.92. The summed E-state index contributed by atoms with van der Waals surface area (Å²) in [6.07, 6.45) is 5.42. The number of guanidine groups is 1. The van der Waals surface area contributed by atoms with Gasteiger partial charge in [0, 0.05) is 38.3 Å². The number of hydrogen-bond donors (Lipinski definition) is 1. The first-order valence-electron chi connectivity index (χ1n) is 8.90. The quantitative estimate of drug-likeness (QED) is 0.405. The Bertz CT molecular complexity index is 340. The molecule has 2 fully saturated rings. The van der Waals surface area contributed by atoms with Gasteiger partial charge in [0.1, 0.15) is 0 Å². The molecule has 22 heavy (non-hydrogen) atoms. The largest absolute Gasteiger partial charge is 0.357 e. The summed E-state index contributed by atoms with van der Waals surface area (Å²) in [5.41, 5.74) is 0. The smallest absolute Gasteiger partial charge is 0.193 e. The highest BCUT2D eigenvalue weighted by Crippen LogP contribution is 2.28. The van der Waals surface area contributed by atoms with Crippen LogP contribution in [0.2, 0.25) is 0 Å². The van der Waals surface area contributed by atoms with E-state index < -0.39 is 0 Å². The second-order valence-corrected chi connectivity index (χ2v) is 6.99. The number of halogens is 1. The van der Waals surface area contributed by atoms with E-state index in [1.807, 2.05) is 0 Å². The molecule has 0 amide bonds. The first-order valence-corrected chi connectivity index (χ1v) is 8.90. The van der Waals surface area contributed by atoms with E-state index in [0.29, 0.717) is 6.04 Å². The third-order valence-electron chi connectivity index (χ3n) is 4.59. The molecular formula is C17H35IN4. The van der Waals surface area contributed by atoms with Crippen LogP contribution in [0.25, 0.3) is 0 Å². The van der Waals surface area contributed by atoms with Crippen LogP contribution in [0.3, 0.4) is 0 Å². The minimum atomic E-state index is 0. The molecule has 0 aromatic carbocycles. The number of aliphatic imine (C=N–C) groups is 1. The van der Waals surface area contributed by atoms with Gasteiger partial charge in [-0.1, -0.05) is 6.92 Å². The highest BCUT2D eigenvalue weighted by molar-refractivity contribution is 14.0. The molecule has 1 unspecified atom stereocenters. The van der Waals surface area contributed by atoms with Gasteiger partial charge in [0.05, 0.1) is 6.54 Å². The standard InChI is InChI=1S/C17H34N4.HI/c1-5-18-17(20-11-6-7-15(4)13-20)19-10-12-21(14(2)3)16-8-9-16;/h14-16H,5-13H2,1-4H3,(H,18,19);1H. The van der Waals surface area contributed by atoms with Gasteiger partial charge in [-0.05, 0) is 52.4 Å². The Balaban J connectivity index is 0.00000242. The summed E-state index contributed by atoms with van der Waals surface area (Å²) in [6, 6.07) is 1.48. The van der Waals surface area contributed by atoms with E-state index in [1.165, 1.54) is 25.7 Å². The van der Waals surface area contributed by atoms with Crippen molar-refractivity contribution >= 4 is 29.9 Å². The molecule has 4 nitrogen and oxygen atoms in total. The third kappa shape index (κ3) is 6.22. The lowest BCUT2D eigenvalue weighted by atomic mass is 10.0. The molecule has 1 heterocycles. The topological polar surface area (TPSA) is 30.9 Å². The van der Waals surface area contributed by atoms with Crippen LogP contribution in [0.5, 0.6) is 0 Å². The molecule has 2 aliphatic rings. The molecular weight excluding hydrogens is 387 g/mol. The van der Waals surface area contributed by atoms with Crippen LogP contribution in [0.4, 0.5) is 0 Å². The van der Waals surface area contributed by atoms with Crippen molar-refractivity contribution in [3.63, 3.8) is 0 Å². The Hall–Kier alpha value is -0.0400. The lowest BCUT2D eigenvalue weighted by Crippen LogP contribution is -2.46. The van der Waals surface area contributed by atoms with Gasteiger partial charge in [0.2, 0.25) is 0 Å². The van der Waals surface area contributed by atoms with Crippen molar-refractivity contribution in [2.45, 2.75) is 65.5 Å². The number of nitrogens with one attached hydrogen (secondary N) is 1. The van der Waals surface area contributed by atoms with Gasteiger partial charge in [-0.2, -0.15) is 0 Å². The zero-order valence-electron chi connectivity index (χ0n) is 14.8. The summed E-state index contributed by atoms with van der Waals surface area (Å²) < 4.78 is 0. The van der Waals surface area contributed by atoms with Gasteiger partial charge in [-0.3, -0.25) is 9.89 Å². The molecule has 0 bridgehead atoms. The maximum Gasteiger partial charge on any atom is 0.193 e. The average molecular weight is 422 g/mol.